The fourth-order valence-corrected chi connectivity index (χ4v) is 5.94. The van der Waals surface area contributed by atoms with Crippen LogP contribution in [0.15, 0.2) is 72.8 Å². The quantitative estimate of drug-likeness (QED) is 0.236. The first-order valence-electron chi connectivity index (χ1n) is 13.2. The molecule has 11 heteroatoms. The Morgan fingerprint density at radius 2 is 1.54 bits per heavy atom. The summed E-state index contributed by atoms with van der Waals surface area (Å²) in [5, 5.41) is 4.26. The highest BCUT2D eigenvalue weighted by Gasteiger charge is 2.31. The van der Waals surface area contributed by atoms with Crippen molar-refractivity contribution in [2.24, 2.45) is 0 Å². The third kappa shape index (κ3) is 9.92. The van der Waals surface area contributed by atoms with Crippen molar-refractivity contribution in [3.05, 3.63) is 99.0 Å². The highest BCUT2D eigenvalue weighted by molar-refractivity contribution is 7.92. The third-order valence-electron chi connectivity index (χ3n) is 6.32. The van der Waals surface area contributed by atoms with E-state index < -0.39 is 16.1 Å². The summed E-state index contributed by atoms with van der Waals surface area (Å²) in [7, 11) is -3.62. The van der Waals surface area contributed by atoms with Gasteiger partial charge in [-0.25, -0.2) is 8.42 Å². The summed E-state index contributed by atoms with van der Waals surface area (Å²) in [6, 6.07) is 20.0. The zero-order chi connectivity index (χ0) is 30.2. The van der Waals surface area contributed by atoms with Gasteiger partial charge in [0.25, 0.3) is 0 Å². The fourth-order valence-electron chi connectivity index (χ4n) is 4.38. The second kappa shape index (κ2) is 14.9. The second-order valence-corrected chi connectivity index (χ2v) is 13.2. The van der Waals surface area contributed by atoms with Gasteiger partial charge < -0.3 is 10.2 Å². The van der Waals surface area contributed by atoms with Crippen LogP contribution in [-0.2, 0) is 32.6 Å². The molecule has 3 aromatic carbocycles. The summed E-state index contributed by atoms with van der Waals surface area (Å²) >= 11 is 18.5. The summed E-state index contributed by atoms with van der Waals surface area (Å²) < 4.78 is 26.4. The molecule has 0 bridgehead atoms. The molecule has 0 spiro atoms. The molecule has 7 nitrogen and oxygen atoms in total. The van der Waals surface area contributed by atoms with Crippen molar-refractivity contribution in [3.63, 3.8) is 0 Å². The maximum atomic E-state index is 13.9. The lowest BCUT2D eigenvalue weighted by Crippen LogP contribution is -2.51. The highest BCUT2D eigenvalue weighted by atomic mass is 35.5. The van der Waals surface area contributed by atoms with E-state index in [4.69, 9.17) is 34.8 Å². The Labute approximate surface area is 257 Å². The topological polar surface area (TPSA) is 86.8 Å². The average molecular weight is 639 g/mol. The van der Waals surface area contributed by atoms with Gasteiger partial charge in [-0.05, 0) is 67.8 Å². The number of hydrogen-bond donors (Lipinski definition) is 1. The minimum atomic E-state index is -3.62. The SMILES string of the molecule is CC(C)NC(=O)[C@H](Cc1ccccc1)N(Cc1ccc(Cl)cc1Cl)C(=O)CCCN(c1ccc(Cl)cc1)S(C)(=O)=O. The molecule has 220 valence electrons. The number of sulfonamides is 1. The molecule has 0 saturated heterocycles. The molecule has 1 N–H and O–H groups in total. The number of rotatable bonds is 13. The van der Waals surface area contributed by atoms with E-state index in [2.05, 4.69) is 5.32 Å². The number of nitrogens with zero attached hydrogens (tertiary/aromatic N) is 2. The number of anilines is 1. The Morgan fingerprint density at radius 3 is 2.12 bits per heavy atom. The fraction of sp³-hybridized carbons (Fsp3) is 0.333. The van der Waals surface area contributed by atoms with Crippen molar-refractivity contribution in [2.45, 2.75) is 51.7 Å². The van der Waals surface area contributed by atoms with Crippen LogP contribution in [-0.4, -0.2) is 50.0 Å². The molecule has 3 rings (SSSR count). The van der Waals surface area contributed by atoms with Crippen LogP contribution in [0.4, 0.5) is 5.69 Å². The maximum Gasteiger partial charge on any atom is 0.243 e. The number of hydrogen-bond acceptors (Lipinski definition) is 4. The number of nitrogens with one attached hydrogen (secondary N) is 1. The van der Waals surface area contributed by atoms with Gasteiger partial charge in [-0.15, -0.1) is 0 Å². The molecular formula is C30H34Cl3N3O4S. The molecule has 0 radical (unpaired) electrons. The van der Waals surface area contributed by atoms with Crippen LogP contribution in [0, 0.1) is 0 Å². The van der Waals surface area contributed by atoms with E-state index in [1.807, 2.05) is 44.2 Å². The first-order valence-corrected chi connectivity index (χ1v) is 16.1. The van der Waals surface area contributed by atoms with Crippen molar-refractivity contribution in [1.82, 2.24) is 10.2 Å². The first kappa shape index (κ1) is 32.7. The van der Waals surface area contributed by atoms with Crippen molar-refractivity contribution in [1.29, 1.82) is 0 Å². The molecule has 0 aliphatic rings. The summed E-state index contributed by atoms with van der Waals surface area (Å²) in [6.45, 7) is 3.86. The molecule has 1 atom stereocenters. The lowest BCUT2D eigenvalue weighted by molar-refractivity contribution is -0.141. The maximum absolute atomic E-state index is 13.9. The van der Waals surface area contributed by atoms with Gasteiger partial charge in [0.1, 0.15) is 6.04 Å². The van der Waals surface area contributed by atoms with Crippen molar-refractivity contribution >= 4 is 62.3 Å². The molecule has 0 aliphatic heterocycles. The van der Waals surface area contributed by atoms with Crippen LogP contribution in [0.2, 0.25) is 15.1 Å². The van der Waals surface area contributed by atoms with Crippen molar-refractivity contribution < 1.29 is 18.0 Å². The molecule has 0 unspecified atom stereocenters. The molecular weight excluding hydrogens is 605 g/mol. The Hall–Kier alpha value is -2.78. The number of carbonyl (C=O) groups is 2. The van der Waals surface area contributed by atoms with Gasteiger partial charge in [-0.3, -0.25) is 13.9 Å². The van der Waals surface area contributed by atoms with E-state index in [-0.39, 0.29) is 50.2 Å². The van der Waals surface area contributed by atoms with Crippen molar-refractivity contribution in [3.8, 4) is 0 Å². The van der Waals surface area contributed by atoms with Crippen LogP contribution in [0.3, 0.4) is 0 Å². The summed E-state index contributed by atoms with van der Waals surface area (Å²) in [6.07, 6.45) is 1.63. The van der Waals surface area contributed by atoms with E-state index in [1.54, 1.807) is 42.5 Å². The van der Waals surface area contributed by atoms with Gasteiger partial charge in [0, 0.05) is 47.0 Å². The van der Waals surface area contributed by atoms with E-state index in [1.165, 1.54) is 9.21 Å². The predicted octanol–water partition coefficient (Wildman–Crippen LogP) is 6.36. The summed E-state index contributed by atoms with van der Waals surface area (Å²) in [4.78, 5) is 28.9. The third-order valence-corrected chi connectivity index (χ3v) is 8.36. The largest absolute Gasteiger partial charge is 0.352 e. The van der Waals surface area contributed by atoms with Crippen LogP contribution in [0.1, 0.15) is 37.8 Å². The molecule has 0 aromatic heterocycles. The van der Waals surface area contributed by atoms with Crippen LogP contribution >= 0.6 is 34.8 Å². The van der Waals surface area contributed by atoms with Crippen LogP contribution in [0.5, 0.6) is 0 Å². The normalized spacial score (nSPS) is 12.2. The van der Waals surface area contributed by atoms with Gasteiger partial charge in [0.05, 0.1) is 11.9 Å². The monoisotopic (exact) mass is 637 g/mol. The molecule has 3 aromatic rings. The number of carbonyl (C=O) groups excluding carboxylic acids is 2. The second-order valence-electron chi connectivity index (χ2n) is 10.0. The highest BCUT2D eigenvalue weighted by Crippen LogP contribution is 2.25. The zero-order valence-electron chi connectivity index (χ0n) is 23.2. The lowest BCUT2D eigenvalue weighted by atomic mass is 10.0. The van der Waals surface area contributed by atoms with E-state index in [0.717, 1.165) is 11.8 Å². The number of halogens is 3. The molecule has 0 fully saturated rings. The van der Waals surface area contributed by atoms with E-state index in [9.17, 15) is 18.0 Å². The van der Waals surface area contributed by atoms with Crippen LogP contribution < -0.4 is 9.62 Å². The number of amides is 2. The van der Waals surface area contributed by atoms with Crippen LogP contribution in [0.25, 0.3) is 0 Å². The summed E-state index contributed by atoms with van der Waals surface area (Å²) in [5.41, 5.74) is 1.98. The zero-order valence-corrected chi connectivity index (χ0v) is 26.3. The molecule has 0 aliphatic carbocycles. The number of benzene rings is 3. The van der Waals surface area contributed by atoms with Gasteiger partial charge >= 0.3 is 0 Å². The van der Waals surface area contributed by atoms with Gasteiger partial charge in [0.15, 0.2) is 0 Å². The molecule has 2 amide bonds. The van der Waals surface area contributed by atoms with Gasteiger partial charge in [0.2, 0.25) is 21.8 Å². The van der Waals surface area contributed by atoms with E-state index in [0.29, 0.717) is 26.3 Å². The lowest BCUT2D eigenvalue weighted by Gasteiger charge is -2.32. The Kier molecular flexibility index (Phi) is 11.9. The molecule has 41 heavy (non-hydrogen) atoms. The van der Waals surface area contributed by atoms with Gasteiger partial charge in [-0.2, -0.15) is 0 Å². The predicted molar refractivity (Wildman–Crippen MR) is 167 cm³/mol. The van der Waals surface area contributed by atoms with Crippen molar-refractivity contribution in [2.75, 3.05) is 17.1 Å². The smallest absolute Gasteiger partial charge is 0.243 e. The first-order chi connectivity index (χ1) is 19.3. The Balaban J connectivity index is 1.90. The standard InChI is InChI=1S/C30H34Cl3N3O4S/c1-21(2)34-30(38)28(18-22-8-5-4-6-9-22)35(20-23-11-12-25(32)19-27(23)33)29(37)10-7-17-36(41(3,39)40)26-15-13-24(31)14-16-26/h4-6,8-9,11-16,19,21,28H,7,10,17-18,20H2,1-3H3,(H,34,38)/t28-/m0/s1. The minimum Gasteiger partial charge on any atom is -0.352 e. The van der Waals surface area contributed by atoms with Gasteiger partial charge in [-0.1, -0.05) is 71.2 Å². The Morgan fingerprint density at radius 1 is 0.902 bits per heavy atom. The molecule has 0 heterocycles. The Bertz CT molecular complexity index is 1440. The van der Waals surface area contributed by atoms with E-state index >= 15 is 0 Å². The minimum absolute atomic E-state index is 0.00503. The average Bonchev–Trinajstić information content (AvgIpc) is 2.90. The summed E-state index contributed by atoms with van der Waals surface area (Å²) in [5.74, 6) is -0.596. The molecule has 0 saturated carbocycles.